The van der Waals surface area contributed by atoms with E-state index < -0.39 is 11.9 Å². The molecule has 21 heavy (non-hydrogen) atoms. The van der Waals surface area contributed by atoms with Crippen LogP contribution < -0.4 is 15.0 Å². The molecule has 0 aliphatic carbocycles. The molecule has 2 fully saturated rings. The molecule has 2 aliphatic heterocycles. The molecule has 2 aliphatic rings. The van der Waals surface area contributed by atoms with E-state index in [0.29, 0.717) is 13.1 Å². The third-order valence-corrected chi connectivity index (χ3v) is 3.59. The summed E-state index contributed by atoms with van der Waals surface area (Å²) in [5.74, 6) is -0.818. The van der Waals surface area contributed by atoms with Crippen molar-refractivity contribution in [2.45, 2.75) is 6.04 Å². The zero-order chi connectivity index (χ0) is 15.0. The fraction of sp³-hybridized carbons (Fsp3) is 0.500. The number of methoxy groups -OCH3 is 1. The van der Waals surface area contributed by atoms with Crippen molar-refractivity contribution in [1.29, 1.82) is 0 Å². The molecule has 1 aromatic rings. The number of carbonyl (C=O) groups excluding carboxylic acids is 2. The zero-order valence-corrected chi connectivity index (χ0v) is 11.4. The average Bonchev–Trinajstić information content (AvgIpc) is 2.51. The van der Waals surface area contributed by atoms with Gasteiger partial charge in [-0.2, -0.15) is 9.37 Å². The molecule has 1 unspecified atom stereocenters. The van der Waals surface area contributed by atoms with Crippen LogP contribution in [-0.4, -0.2) is 66.0 Å². The number of hydrogen-bond acceptors (Lipinski definition) is 6. The molecule has 9 heteroatoms. The highest BCUT2D eigenvalue weighted by Gasteiger charge is 2.39. The summed E-state index contributed by atoms with van der Waals surface area (Å²) in [6, 6.07) is -0.570. The van der Waals surface area contributed by atoms with Gasteiger partial charge in [-0.1, -0.05) is 0 Å². The van der Waals surface area contributed by atoms with E-state index in [1.807, 2.05) is 0 Å². The molecular weight excluding hydrogens is 281 g/mol. The van der Waals surface area contributed by atoms with Crippen LogP contribution >= 0.6 is 0 Å². The summed E-state index contributed by atoms with van der Waals surface area (Å²) in [4.78, 5) is 34.8. The quantitative estimate of drug-likeness (QED) is 0.735. The number of amides is 2. The highest BCUT2D eigenvalue weighted by Crippen LogP contribution is 2.20. The second-order valence-corrected chi connectivity index (χ2v) is 4.79. The Morgan fingerprint density at radius 3 is 3.00 bits per heavy atom. The van der Waals surface area contributed by atoms with Gasteiger partial charge >= 0.3 is 0 Å². The molecule has 0 radical (unpaired) electrons. The van der Waals surface area contributed by atoms with Gasteiger partial charge in [-0.3, -0.25) is 9.59 Å². The van der Waals surface area contributed by atoms with Gasteiger partial charge in [-0.05, 0) is 0 Å². The van der Waals surface area contributed by atoms with E-state index >= 15 is 0 Å². The van der Waals surface area contributed by atoms with Crippen LogP contribution in [0.2, 0.25) is 0 Å². The lowest BCUT2D eigenvalue weighted by Gasteiger charge is -2.42. The molecule has 3 heterocycles. The van der Waals surface area contributed by atoms with Crippen molar-refractivity contribution in [3.05, 3.63) is 12.0 Å². The van der Waals surface area contributed by atoms with Gasteiger partial charge in [-0.25, -0.2) is 4.98 Å². The number of ether oxygens (including phenoxy) is 1. The number of anilines is 1. The van der Waals surface area contributed by atoms with Crippen LogP contribution in [0.5, 0.6) is 5.88 Å². The maximum Gasteiger partial charge on any atom is 0.255 e. The maximum atomic E-state index is 13.3. The number of fused-ring (bicyclic) bond motifs is 1. The number of nitrogens with one attached hydrogen (secondary N) is 1. The van der Waals surface area contributed by atoms with Crippen molar-refractivity contribution in [2.24, 2.45) is 0 Å². The molecule has 0 aromatic carbocycles. The van der Waals surface area contributed by atoms with Crippen molar-refractivity contribution in [3.8, 4) is 5.88 Å². The number of piperazine rings is 2. The molecule has 2 saturated heterocycles. The van der Waals surface area contributed by atoms with Crippen LogP contribution in [0.1, 0.15) is 0 Å². The van der Waals surface area contributed by atoms with Crippen LogP contribution in [0.15, 0.2) is 6.20 Å². The van der Waals surface area contributed by atoms with Crippen molar-refractivity contribution < 1.29 is 18.7 Å². The minimum absolute atomic E-state index is 0.0379. The summed E-state index contributed by atoms with van der Waals surface area (Å²) in [7, 11) is 1.32. The van der Waals surface area contributed by atoms with Crippen molar-refractivity contribution in [2.75, 3.05) is 38.2 Å². The molecular formula is C12H14FN5O3. The lowest BCUT2D eigenvalue weighted by Crippen LogP contribution is -2.66. The second-order valence-electron chi connectivity index (χ2n) is 4.79. The highest BCUT2D eigenvalue weighted by atomic mass is 19.1. The van der Waals surface area contributed by atoms with Gasteiger partial charge in [-0.15, -0.1) is 0 Å². The number of hydrogen-bond donors (Lipinski definition) is 1. The fourth-order valence-corrected chi connectivity index (χ4v) is 2.51. The third kappa shape index (κ3) is 2.34. The number of carbonyl (C=O) groups is 2. The Morgan fingerprint density at radius 1 is 1.43 bits per heavy atom. The predicted octanol–water partition coefficient (Wildman–Crippen LogP) is -1.23. The van der Waals surface area contributed by atoms with Crippen LogP contribution in [0, 0.1) is 5.82 Å². The molecule has 0 bridgehead atoms. The van der Waals surface area contributed by atoms with E-state index in [-0.39, 0.29) is 36.7 Å². The highest BCUT2D eigenvalue weighted by molar-refractivity contribution is 5.95. The topological polar surface area (TPSA) is 87.7 Å². The van der Waals surface area contributed by atoms with E-state index in [1.54, 1.807) is 9.80 Å². The SMILES string of the molecule is COc1nc(N2CCN3C(=O)CNC(=O)C3C2)ncc1F. The summed E-state index contributed by atoms with van der Waals surface area (Å²) in [6.07, 6.45) is 1.03. The Bertz CT molecular complexity index is 596. The fourth-order valence-electron chi connectivity index (χ4n) is 2.51. The summed E-state index contributed by atoms with van der Waals surface area (Å²) >= 11 is 0. The lowest BCUT2D eigenvalue weighted by molar-refractivity contribution is -0.146. The molecule has 1 N–H and O–H groups in total. The Labute approximate surface area is 119 Å². The summed E-state index contributed by atoms with van der Waals surface area (Å²) < 4.78 is 18.2. The summed E-state index contributed by atoms with van der Waals surface area (Å²) in [5.41, 5.74) is 0. The first kappa shape index (κ1) is 13.5. The smallest absolute Gasteiger partial charge is 0.255 e. The van der Waals surface area contributed by atoms with Gasteiger partial charge in [0.25, 0.3) is 5.88 Å². The molecule has 3 rings (SSSR count). The Kier molecular flexibility index (Phi) is 3.32. The number of aromatic nitrogens is 2. The molecule has 1 aromatic heterocycles. The van der Waals surface area contributed by atoms with E-state index in [0.717, 1.165) is 6.20 Å². The third-order valence-electron chi connectivity index (χ3n) is 3.59. The van der Waals surface area contributed by atoms with E-state index in [9.17, 15) is 14.0 Å². The first-order valence-corrected chi connectivity index (χ1v) is 6.49. The Hall–Kier alpha value is -2.45. The minimum atomic E-state index is -0.648. The van der Waals surface area contributed by atoms with Gasteiger partial charge in [0.05, 0.1) is 26.4 Å². The first-order chi connectivity index (χ1) is 10.1. The van der Waals surface area contributed by atoms with E-state index in [1.165, 1.54) is 7.11 Å². The van der Waals surface area contributed by atoms with Gasteiger partial charge in [0.1, 0.15) is 6.04 Å². The molecule has 8 nitrogen and oxygen atoms in total. The van der Waals surface area contributed by atoms with Gasteiger partial charge in [0.2, 0.25) is 23.6 Å². The monoisotopic (exact) mass is 295 g/mol. The van der Waals surface area contributed by atoms with Gasteiger partial charge in [0, 0.05) is 13.1 Å². The van der Waals surface area contributed by atoms with E-state index in [2.05, 4.69) is 15.3 Å². The molecule has 0 saturated carbocycles. The lowest BCUT2D eigenvalue weighted by atomic mass is 10.1. The van der Waals surface area contributed by atoms with Crippen LogP contribution in [0.25, 0.3) is 0 Å². The summed E-state index contributed by atoms with van der Waals surface area (Å²) in [6.45, 7) is 1.19. The van der Waals surface area contributed by atoms with E-state index in [4.69, 9.17) is 4.74 Å². The Balaban J connectivity index is 1.82. The zero-order valence-electron chi connectivity index (χ0n) is 11.4. The molecule has 2 amide bonds. The van der Waals surface area contributed by atoms with Crippen LogP contribution in [0.3, 0.4) is 0 Å². The largest absolute Gasteiger partial charge is 0.479 e. The maximum absolute atomic E-state index is 13.3. The number of nitrogens with zero attached hydrogens (tertiary/aromatic N) is 4. The average molecular weight is 295 g/mol. The molecule has 112 valence electrons. The first-order valence-electron chi connectivity index (χ1n) is 6.49. The summed E-state index contributed by atoms with van der Waals surface area (Å²) in [5, 5.41) is 2.55. The standard InChI is InChI=1S/C12H14FN5O3/c1-21-11-7(13)4-15-12(16-11)17-2-3-18-8(6-17)10(20)14-5-9(18)19/h4,8H,2-3,5-6H2,1H3,(H,14,20). The predicted molar refractivity (Wildman–Crippen MR) is 69.3 cm³/mol. The van der Waals surface area contributed by atoms with Crippen molar-refractivity contribution in [3.63, 3.8) is 0 Å². The van der Waals surface area contributed by atoms with Crippen molar-refractivity contribution >= 4 is 17.8 Å². The number of halogens is 1. The van der Waals surface area contributed by atoms with Crippen LogP contribution in [-0.2, 0) is 9.59 Å². The van der Waals surface area contributed by atoms with Crippen molar-refractivity contribution in [1.82, 2.24) is 20.2 Å². The van der Waals surface area contributed by atoms with Gasteiger partial charge < -0.3 is 19.9 Å². The molecule has 1 atom stereocenters. The minimum Gasteiger partial charge on any atom is -0.479 e. The second kappa shape index (κ2) is 5.15. The normalized spacial score (nSPS) is 21.9. The molecule has 0 spiro atoms. The van der Waals surface area contributed by atoms with Crippen LogP contribution in [0.4, 0.5) is 10.3 Å². The number of rotatable bonds is 2. The van der Waals surface area contributed by atoms with Gasteiger partial charge in [0.15, 0.2) is 0 Å². The Morgan fingerprint density at radius 2 is 2.24 bits per heavy atom.